The fourth-order valence-corrected chi connectivity index (χ4v) is 3.31. The van der Waals surface area contributed by atoms with Crippen molar-refractivity contribution in [2.45, 2.75) is 17.7 Å². The van der Waals surface area contributed by atoms with Crippen LogP contribution >= 0.6 is 11.8 Å². The van der Waals surface area contributed by atoms with Gasteiger partial charge in [-0.3, -0.25) is 4.79 Å². The Balaban J connectivity index is 1.34. The molecule has 1 heterocycles. The summed E-state index contributed by atoms with van der Waals surface area (Å²) in [6.45, 7) is 1.24. The Labute approximate surface area is 163 Å². The van der Waals surface area contributed by atoms with Gasteiger partial charge in [0.25, 0.3) is 5.91 Å². The molecule has 3 aromatic rings. The van der Waals surface area contributed by atoms with Crippen LogP contribution in [-0.2, 0) is 6.42 Å². The molecule has 1 amide bonds. The number of nitrogens with one attached hydrogen (secondary N) is 1. The maximum absolute atomic E-state index is 12.2. The molecule has 0 spiro atoms. The molecule has 0 radical (unpaired) electrons. The smallest absolute Gasteiger partial charge is 0.251 e. The second kappa shape index (κ2) is 10.5. The van der Waals surface area contributed by atoms with Crippen LogP contribution in [-0.4, -0.2) is 24.8 Å². The highest BCUT2D eigenvalue weighted by molar-refractivity contribution is 7.99. The van der Waals surface area contributed by atoms with Gasteiger partial charge in [-0.05, 0) is 55.0 Å². The predicted octanol–water partition coefficient (Wildman–Crippen LogP) is 4.81. The van der Waals surface area contributed by atoms with Crippen molar-refractivity contribution in [3.63, 3.8) is 0 Å². The standard InChI is InChI=1S/C22H23NO3S/c24-22(23-14-4-6-19-7-5-15-25-19)18-10-12-20(13-11-18)26-16-17-27-21-8-2-1-3-9-21/h1-3,5,7-13,15H,4,6,14,16-17H2,(H,23,24). The molecule has 0 aliphatic heterocycles. The van der Waals surface area contributed by atoms with Crippen molar-refractivity contribution in [1.29, 1.82) is 0 Å². The minimum atomic E-state index is -0.0689. The topological polar surface area (TPSA) is 51.5 Å². The lowest BCUT2D eigenvalue weighted by Gasteiger charge is -2.08. The Hall–Kier alpha value is -2.66. The Bertz CT molecular complexity index is 801. The van der Waals surface area contributed by atoms with E-state index >= 15 is 0 Å². The summed E-state index contributed by atoms with van der Waals surface area (Å²) in [5, 5.41) is 2.93. The van der Waals surface area contributed by atoms with Crippen molar-refractivity contribution < 1.29 is 13.9 Å². The van der Waals surface area contributed by atoms with E-state index < -0.39 is 0 Å². The largest absolute Gasteiger partial charge is 0.493 e. The van der Waals surface area contributed by atoms with E-state index in [1.54, 1.807) is 30.2 Å². The number of carbonyl (C=O) groups excluding carboxylic acids is 1. The molecular formula is C22H23NO3S. The second-order valence-electron chi connectivity index (χ2n) is 5.97. The molecule has 0 bridgehead atoms. The highest BCUT2D eigenvalue weighted by Crippen LogP contribution is 2.18. The van der Waals surface area contributed by atoms with Crippen LogP contribution in [0.2, 0.25) is 0 Å². The van der Waals surface area contributed by atoms with Gasteiger partial charge in [0.15, 0.2) is 0 Å². The summed E-state index contributed by atoms with van der Waals surface area (Å²) in [5.41, 5.74) is 0.638. The normalized spacial score (nSPS) is 10.5. The van der Waals surface area contributed by atoms with Gasteiger partial charge in [0.2, 0.25) is 0 Å². The number of hydrogen-bond donors (Lipinski definition) is 1. The quantitative estimate of drug-likeness (QED) is 0.404. The highest BCUT2D eigenvalue weighted by atomic mass is 32.2. The average Bonchev–Trinajstić information content (AvgIpc) is 3.23. The fourth-order valence-electron chi connectivity index (χ4n) is 2.56. The Morgan fingerprint density at radius 1 is 1.00 bits per heavy atom. The monoisotopic (exact) mass is 381 g/mol. The maximum atomic E-state index is 12.2. The van der Waals surface area contributed by atoms with Gasteiger partial charge < -0.3 is 14.5 Å². The molecule has 1 aromatic heterocycles. The number of hydrogen-bond acceptors (Lipinski definition) is 4. The van der Waals surface area contributed by atoms with E-state index in [0.29, 0.717) is 18.7 Å². The minimum Gasteiger partial charge on any atom is -0.493 e. The molecule has 0 saturated carbocycles. The predicted molar refractivity (Wildman–Crippen MR) is 108 cm³/mol. The van der Waals surface area contributed by atoms with E-state index in [2.05, 4.69) is 17.4 Å². The number of furan rings is 1. The lowest BCUT2D eigenvalue weighted by atomic mass is 10.2. The van der Waals surface area contributed by atoms with Crippen LogP contribution in [0.1, 0.15) is 22.5 Å². The van der Waals surface area contributed by atoms with Crippen LogP contribution < -0.4 is 10.1 Å². The third kappa shape index (κ3) is 6.53. The first-order chi connectivity index (χ1) is 13.3. The number of amides is 1. The third-order valence-corrected chi connectivity index (χ3v) is 4.92. The van der Waals surface area contributed by atoms with Crippen LogP contribution in [0.5, 0.6) is 5.75 Å². The van der Waals surface area contributed by atoms with Gasteiger partial charge in [-0.25, -0.2) is 0 Å². The van der Waals surface area contributed by atoms with Gasteiger partial charge >= 0.3 is 0 Å². The van der Waals surface area contributed by atoms with Gasteiger partial charge in [0, 0.05) is 29.2 Å². The summed E-state index contributed by atoms with van der Waals surface area (Å²) in [6.07, 6.45) is 3.33. The first-order valence-corrected chi connectivity index (χ1v) is 10.0. The summed E-state index contributed by atoms with van der Waals surface area (Å²) in [6, 6.07) is 21.3. The number of thioether (sulfide) groups is 1. The summed E-state index contributed by atoms with van der Waals surface area (Å²) < 4.78 is 11.0. The summed E-state index contributed by atoms with van der Waals surface area (Å²) in [4.78, 5) is 13.4. The first-order valence-electron chi connectivity index (χ1n) is 9.02. The van der Waals surface area contributed by atoms with E-state index in [9.17, 15) is 4.79 Å². The van der Waals surface area contributed by atoms with E-state index in [4.69, 9.17) is 9.15 Å². The number of benzene rings is 2. The molecule has 140 valence electrons. The van der Waals surface area contributed by atoms with Crippen molar-refractivity contribution in [1.82, 2.24) is 5.32 Å². The summed E-state index contributed by atoms with van der Waals surface area (Å²) >= 11 is 1.76. The molecule has 3 rings (SSSR count). The van der Waals surface area contributed by atoms with Crippen LogP contribution in [0, 0.1) is 0 Å². The van der Waals surface area contributed by atoms with Crippen molar-refractivity contribution >= 4 is 17.7 Å². The van der Waals surface area contributed by atoms with E-state index in [1.807, 2.05) is 42.5 Å². The SMILES string of the molecule is O=C(NCCCc1ccco1)c1ccc(OCCSc2ccccc2)cc1. The third-order valence-electron chi connectivity index (χ3n) is 3.95. The number of ether oxygens (including phenoxy) is 1. The van der Waals surface area contributed by atoms with E-state index in [1.165, 1.54) is 4.90 Å². The lowest BCUT2D eigenvalue weighted by molar-refractivity contribution is 0.0953. The van der Waals surface area contributed by atoms with E-state index in [0.717, 1.165) is 30.1 Å². The highest BCUT2D eigenvalue weighted by Gasteiger charge is 2.05. The fraction of sp³-hybridized carbons (Fsp3) is 0.227. The molecule has 0 unspecified atom stereocenters. The molecule has 0 fully saturated rings. The zero-order chi connectivity index (χ0) is 18.7. The van der Waals surface area contributed by atoms with Gasteiger partial charge in [0.1, 0.15) is 11.5 Å². The number of rotatable bonds is 10. The number of aryl methyl sites for hydroxylation is 1. The maximum Gasteiger partial charge on any atom is 0.251 e. The van der Waals surface area contributed by atoms with Crippen LogP contribution in [0.25, 0.3) is 0 Å². The summed E-state index contributed by atoms with van der Waals surface area (Å²) in [5.74, 6) is 2.52. The van der Waals surface area contributed by atoms with Crippen molar-refractivity contribution in [3.05, 3.63) is 84.3 Å². The first kappa shape index (κ1) is 19.1. The molecule has 1 N–H and O–H groups in total. The molecule has 5 heteroatoms. The molecule has 0 aliphatic rings. The van der Waals surface area contributed by atoms with Crippen LogP contribution in [0.3, 0.4) is 0 Å². The Morgan fingerprint density at radius 2 is 1.81 bits per heavy atom. The number of carbonyl (C=O) groups is 1. The second-order valence-corrected chi connectivity index (χ2v) is 7.14. The molecule has 4 nitrogen and oxygen atoms in total. The Morgan fingerprint density at radius 3 is 2.56 bits per heavy atom. The van der Waals surface area contributed by atoms with Gasteiger partial charge in [-0.2, -0.15) is 0 Å². The molecular weight excluding hydrogens is 358 g/mol. The van der Waals surface area contributed by atoms with Gasteiger partial charge in [-0.1, -0.05) is 18.2 Å². The zero-order valence-corrected chi connectivity index (χ0v) is 15.9. The van der Waals surface area contributed by atoms with E-state index in [-0.39, 0.29) is 5.91 Å². The average molecular weight is 381 g/mol. The van der Waals surface area contributed by atoms with Crippen LogP contribution in [0.15, 0.2) is 82.3 Å². The minimum absolute atomic E-state index is 0.0689. The zero-order valence-electron chi connectivity index (χ0n) is 15.1. The van der Waals surface area contributed by atoms with Crippen molar-refractivity contribution in [3.8, 4) is 5.75 Å². The van der Waals surface area contributed by atoms with Gasteiger partial charge in [-0.15, -0.1) is 11.8 Å². The Kier molecular flexibility index (Phi) is 7.42. The van der Waals surface area contributed by atoms with Crippen molar-refractivity contribution in [2.75, 3.05) is 18.9 Å². The van der Waals surface area contributed by atoms with Crippen LogP contribution in [0.4, 0.5) is 0 Å². The molecule has 2 aromatic carbocycles. The van der Waals surface area contributed by atoms with Gasteiger partial charge in [0.05, 0.1) is 12.9 Å². The molecule has 27 heavy (non-hydrogen) atoms. The summed E-state index contributed by atoms with van der Waals surface area (Å²) in [7, 11) is 0. The van der Waals surface area contributed by atoms with Crippen molar-refractivity contribution in [2.24, 2.45) is 0 Å². The molecule has 0 atom stereocenters. The molecule has 0 saturated heterocycles. The molecule has 0 aliphatic carbocycles. The lowest BCUT2D eigenvalue weighted by Crippen LogP contribution is -2.24.